The van der Waals surface area contributed by atoms with Gasteiger partial charge in [-0.05, 0) is 149 Å². The molecule has 0 saturated carbocycles. The molecule has 82 heavy (non-hydrogen) atoms. The van der Waals surface area contributed by atoms with E-state index in [1.165, 1.54) is 12.1 Å². The Morgan fingerprint density at radius 2 is 1.05 bits per heavy atom. The van der Waals surface area contributed by atoms with Crippen LogP contribution in [0, 0.1) is 6.92 Å². The summed E-state index contributed by atoms with van der Waals surface area (Å²) in [6.45, 7) is 26.5. The predicted molar refractivity (Wildman–Crippen MR) is 313 cm³/mol. The van der Waals surface area contributed by atoms with Gasteiger partial charge >= 0.3 is 30.1 Å². The Morgan fingerprint density at radius 3 is 1.52 bits per heavy atom. The average Bonchev–Trinajstić information content (AvgIpc) is 3.35. The molecule has 454 valence electrons. The number of esters is 4. The summed E-state index contributed by atoms with van der Waals surface area (Å²) >= 11 is 0. The monoisotopic (exact) mass is 1150 g/mol. The number of ether oxygens (including phenoxy) is 5. The van der Waals surface area contributed by atoms with Gasteiger partial charge in [-0.3, -0.25) is 48.5 Å². The number of likely N-dealkylation sites (tertiary alicyclic amines) is 1. The van der Waals surface area contributed by atoms with E-state index in [9.17, 15) is 24.0 Å². The molecule has 1 atom stereocenters. The highest BCUT2D eigenvalue weighted by atomic mass is 19.4. The minimum Gasteiger partial charge on any atom is -0.491 e. The van der Waals surface area contributed by atoms with Crippen LogP contribution in [0.3, 0.4) is 0 Å². The Balaban J connectivity index is 1.40. The van der Waals surface area contributed by atoms with Crippen LogP contribution in [0.4, 0.5) is 13.2 Å². The Kier molecular flexibility index (Phi) is 24.2. The summed E-state index contributed by atoms with van der Waals surface area (Å²) in [4.78, 5) is 76.8. The lowest BCUT2D eigenvalue weighted by molar-refractivity contribution is -0.163. The molecule has 2 fully saturated rings. The Hall–Kier alpha value is -5.86. The first-order valence-corrected chi connectivity index (χ1v) is 28.7. The van der Waals surface area contributed by atoms with Crippen molar-refractivity contribution < 1.29 is 60.8 Å². The van der Waals surface area contributed by atoms with Gasteiger partial charge in [0.15, 0.2) is 0 Å². The van der Waals surface area contributed by atoms with Crippen molar-refractivity contribution in [3.63, 3.8) is 0 Å². The normalized spacial score (nSPS) is 17.6. The van der Waals surface area contributed by atoms with Gasteiger partial charge in [0.25, 0.3) is 0 Å². The number of hydrogen-bond acceptors (Lipinski definition) is 15. The van der Waals surface area contributed by atoms with Crippen LogP contribution in [0.25, 0.3) is 23.3 Å². The number of nitrogens with one attached hydrogen (secondary N) is 1. The molecule has 0 radical (unpaired) electrons. The van der Waals surface area contributed by atoms with Crippen LogP contribution in [-0.4, -0.2) is 181 Å². The molecule has 3 aromatic carbocycles. The molecular weight excluding hydrogens is 1060 g/mol. The topological polar surface area (TPSA) is 160 Å². The maximum absolute atomic E-state index is 15.2. The number of nitrogens with zero attached hydrogens (tertiary/aromatic N) is 5. The van der Waals surface area contributed by atoms with E-state index in [1.807, 2.05) is 80.0 Å². The fourth-order valence-corrected chi connectivity index (χ4v) is 9.75. The fourth-order valence-electron chi connectivity index (χ4n) is 9.75. The van der Waals surface area contributed by atoms with Gasteiger partial charge in [0.05, 0.1) is 38.3 Å². The summed E-state index contributed by atoms with van der Waals surface area (Å²) in [7, 11) is 0. The second kappa shape index (κ2) is 29.6. The Bertz CT molecular complexity index is 2590. The van der Waals surface area contributed by atoms with E-state index in [-0.39, 0.29) is 68.7 Å². The summed E-state index contributed by atoms with van der Waals surface area (Å²) in [5.74, 6) is -1.87. The highest BCUT2D eigenvalue weighted by Gasteiger charge is 2.37. The van der Waals surface area contributed by atoms with Gasteiger partial charge in [0.2, 0.25) is 5.91 Å². The van der Waals surface area contributed by atoms with Gasteiger partial charge in [-0.15, -0.1) is 0 Å². The van der Waals surface area contributed by atoms with E-state index >= 15 is 13.2 Å². The number of halogens is 3. The van der Waals surface area contributed by atoms with E-state index in [4.69, 9.17) is 23.7 Å². The second-order valence-corrected chi connectivity index (χ2v) is 25.3. The first-order chi connectivity index (χ1) is 38.2. The number of benzene rings is 3. The largest absolute Gasteiger partial charge is 0.491 e. The third-order valence-corrected chi connectivity index (χ3v) is 13.4. The van der Waals surface area contributed by atoms with E-state index in [1.54, 1.807) is 89.2 Å². The van der Waals surface area contributed by atoms with Gasteiger partial charge < -0.3 is 29.0 Å². The van der Waals surface area contributed by atoms with Crippen molar-refractivity contribution in [1.29, 1.82) is 0 Å². The lowest BCUT2D eigenvalue weighted by Crippen LogP contribution is -2.50. The Morgan fingerprint density at radius 1 is 0.573 bits per heavy atom. The molecule has 3 aromatic rings. The van der Waals surface area contributed by atoms with Crippen molar-refractivity contribution in [1.82, 2.24) is 29.8 Å². The lowest BCUT2D eigenvalue weighted by atomic mass is 9.95. The molecule has 16 nitrogen and oxygen atoms in total. The molecule has 2 aliphatic heterocycles. The minimum absolute atomic E-state index is 0.00293. The molecule has 0 spiro atoms. The molecule has 0 aliphatic carbocycles. The number of hydrogen-bond donors (Lipinski definition) is 1. The zero-order valence-electron chi connectivity index (χ0n) is 50.9. The SMILES string of the molecule is Cc1c(/C=C/c2cc(OCCNC(=O)CN3CCN(CC(=O)OC(C)(C)C)CCN(CC(=O)OC(C)(C)C)CCN(CC(=O)OC(C)(C)C)CC3)c(CN3CCCC[C@H]3C(=O)OC(C)(C)C)cc2C(F)(F)F)cccc1-c1ccccc1. The number of carbonyl (C=O) groups is 5. The number of carbonyl (C=O) groups excluding carboxylic acids is 5. The summed E-state index contributed by atoms with van der Waals surface area (Å²) in [6, 6.07) is 17.3. The van der Waals surface area contributed by atoms with Gasteiger partial charge in [-0.25, -0.2) is 0 Å². The second-order valence-electron chi connectivity index (χ2n) is 25.3. The molecule has 1 amide bonds. The van der Waals surface area contributed by atoms with Crippen LogP contribution in [0.5, 0.6) is 5.75 Å². The highest BCUT2D eigenvalue weighted by Crippen LogP contribution is 2.39. The molecule has 2 aliphatic rings. The zero-order chi connectivity index (χ0) is 60.6. The number of amides is 1. The van der Waals surface area contributed by atoms with Gasteiger partial charge in [-0.2, -0.15) is 13.2 Å². The maximum atomic E-state index is 15.2. The summed E-state index contributed by atoms with van der Waals surface area (Å²) in [5, 5.41) is 2.93. The molecule has 0 aromatic heterocycles. The van der Waals surface area contributed by atoms with Crippen molar-refractivity contribution >= 4 is 41.9 Å². The molecule has 0 unspecified atom stereocenters. The molecule has 2 heterocycles. The highest BCUT2D eigenvalue weighted by molar-refractivity contribution is 5.80. The minimum atomic E-state index is -4.75. The fraction of sp³-hybridized carbons (Fsp3) is 0.603. The van der Waals surface area contributed by atoms with Crippen molar-refractivity contribution in [2.45, 2.75) is 150 Å². The summed E-state index contributed by atoms with van der Waals surface area (Å²) in [5.41, 5.74) is -0.0904. The van der Waals surface area contributed by atoms with Crippen LogP contribution in [-0.2, 0) is 55.6 Å². The third-order valence-electron chi connectivity index (χ3n) is 13.4. The third kappa shape index (κ3) is 23.8. The van der Waals surface area contributed by atoms with Crippen LogP contribution >= 0.6 is 0 Å². The van der Waals surface area contributed by atoms with Crippen LogP contribution in [0.15, 0.2) is 60.7 Å². The molecule has 2 saturated heterocycles. The van der Waals surface area contributed by atoms with Crippen LogP contribution < -0.4 is 10.1 Å². The molecule has 0 bridgehead atoms. The molecular formula is C63H91F3N6O10. The molecule has 5 rings (SSSR count). The van der Waals surface area contributed by atoms with Crippen molar-refractivity contribution in [2.24, 2.45) is 0 Å². The number of piperidine rings is 1. The number of alkyl halides is 3. The summed E-state index contributed by atoms with van der Waals surface area (Å²) < 4.78 is 74.9. The first kappa shape index (κ1) is 66.9. The number of rotatable bonds is 18. The smallest absolute Gasteiger partial charge is 0.417 e. The molecule has 19 heteroatoms. The molecule has 1 N–H and O–H groups in total. The van der Waals surface area contributed by atoms with E-state index in [0.717, 1.165) is 41.2 Å². The van der Waals surface area contributed by atoms with Crippen molar-refractivity contribution in [3.05, 3.63) is 88.5 Å². The standard InChI is InChI=1S/C63H91F3N6O10/c1-45-46(22-19-23-50(45)47-20-15-14-16-21-47)25-26-48-39-53(49(38-51(48)63(64,65)66)40-72-28-18-17-24-52(72)58(77)82-62(11,12)13)78-37-27-67-54(73)41-68-29-31-69(42-55(74)79-59(2,3)4)33-35-71(44-57(76)81-61(8,9)10)36-34-70(32-30-68)43-56(75)80-60(5,6)7/h14-16,19-23,25-26,38-39,52H,17-18,24,27-37,40-44H2,1-13H3,(H,67,73)/b26-25+/t52-/m0/s1. The predicted octanol–water partition coefficient (Wildman–Crippen LogP) is 9.29. The zero-order valence-corrected chi connectivity index (χ0v) is 50.9. The maximum Gasteiger partial charge on any atom is 0.417 e. The summed E-state index contributed by atoms with van der Waals surface area (Å²) in [6.07, 6.45) is 0.355. The van der Waals surface area contributed by atoms with Gasteiger partial charge in [0.1, 0.15) is 40.8 Å². The van der Waals surface area contributed by atoms with E-state index in [0.29, 0.717) is 65.3 Å². The lowest BCUT2D eigenvalue weighted by Gasteiger charge is -2.36. The Labute approximate surface area is 484 Å². The quantitative estimate of drug-likeness (QED) is 0.0555. The van der Waals surface area contributed by atoms with Crippen molar-refractivity contribution in [2.75, 3.05) is 98.2 Å². The van der Waals surface area contributed by atoms with Crippen molar-refractivity contribution in [3.8, 4) is 16.9 Å². The van der Waals surface area contributed by atoms with E-state index < -0.39 is 64.1 Å². The van der Waals surface area contributed by atoms with Gasteiger partial charge in [0, 0.05) is 64.5 Å². The first-order valence-electron chi connectivity index (χ1n) is 28.7. The average molecular weight is 1150 g/mol. The van der Waals surface area contributed by atoms with E-state index in [2.05, 4.69) is 5.32 Å². The van der Waals surface area contributed by atoms with Gasteiger partial charge in [-0.1, -0.05) is 67.1 Å². The van der Waals surface area contributed by atoms with Crippen LogP contribution in [0.1, 0.15) is 130 Å². The van der Waals surface area contributed by atoms with Crippen LogP contribution in [0.2, 0.25) is 0 Å².